The van der Waals surface area contributed by atoms with Crippen LogP contribution in [-0.2, 0) is 30.6 Å². The Morgan fingerprint density at radius 3 is 2.23 bits per heavy atom. The zero-order valence-electron chi connectivity index (χ0n) is 18.7. The third-order valence-corrected chi connectivity index (χ3v) is 5.22. The second kappa shape index (κ2) is 12.5. The first-order valence-corrected chi connectivity index (χ1v) is 11.0. The molecule has 0 spiro atoms. The Balaban J connectivity index is 1.99. The average Bonchev–Trinajstić information content (AvgIpc) is 2.68. The van der Waals surface area contributed by atoms with Gasteiger partial charge < -0.3 is 15.7 Å². The number of hydrogen-bond acceptors (Lipinski definition) is 3. The predicted octanol–water partition coefficient (Wildman–Crippen LogP) is 4.07. The maximum absolute atomic E-state index is 13.5. The molecule has 170 valence electrons. The lowest BCUT2D eigenvalue weighted by Crippen LogP contribution is -2.48. The molecule has 2 atom stereocenters. The number of carbonyl (C=O) groups is 1. The molecule has 1 amide bonds. The lowest BCUT2D eigenvalue weighted by atomic mass is 9.97. The minimum Gasteiger partial charge on any atom is -0.390 e. The van der Waals surface area contributed by atoms with E-state index in [-0.39, 0.29) is 18.9 Å². The molecule has 3 N–H and O–H groups in total. The number of aliphatic hydroxyl groups excluding tert-OH is 1. The van der Waals surface area contributed by atoms with Crippen molar-refractivity contribution in [2.45, 2.75) is 71.6 Å². The molecule has 0 radical (unpaired) electrons. The maximum atomic E-state index is 13.5. The van der Waals surface area contributed by atoms with Crippen LogP contribution in [0.1, 0.15) is 55.9 Å². The van der Waals surface area contributed by atoms with E-state index in [4.69, 9.17) is 0 Å². The van der Waals surface area contributed by atoms with Gasteiger partial charge >= 0.3 is 0 Å². The van der Waals surface area contributed by atoms with Crippen molar-refractivity contribution < 1.29 is 18.7 Å². The van der Waals surface area contributed by atoms with Crippen LogP contribution in [0.5, 0.6) is 0 Å². The van der Waals surface area contributed by atoms with E-state index in [1.165, 1.54) is 30.2 Å². The Morgan fingerprint density at radius 2 is 1.61 bits per heavy atom. The summed E-state index contributed by atoms with van der Waals surface area (Å²) in [5.74, 6) is -1.67. The van der Waals surface area contributed by atoms with Crippen molar-refractivity contribution in [1.82, 2.24) is 10.6 Å². The van der Waals surface area contributed by atoms with Gasteiger partial charge in [0.2, 0.25) is 5.91 Å². The summed E-state index contributed by atoms with van der Waals surface area (Å²) in [4.78, 5) is 11.6. The van der Waals surface area contributed by atoms with Gasteiger partial charge in [0.15, 0.2) is 0 Å². The standard InChI is InChI=1S/C25H34F2N2O2/c1-4-6-20-9-8-18(10-21(20)7-5-2)15-28-16-25(31)24(29-17(3)30)13-19-11-22(26)14-23(27)12-19/h8-12,14,24-25,28,31H,4-7,13,15-16H2,1-3H3,(H,29,30)/t24-,25-/m0/s1. The number of aryl methyl sites for hydroxylation is 2. The summed E-state index contributed by atoms with van der Waals surface area (Å²) in [6, 6.07) is 9.07. The molecule has 2 aromatic rings. The monoisotopic (exact) mass is 432 g/mol. The molecule has 0 aromatic heterocycles. The fourth-order valence-electron chi connectivity index (χ4n) is 3.84. The topological polar surface area (TPSA) is 61.4 Å². The maximum Gasteiger partial charge on any atom is 0.217 e. The SMILES string of the molecule is CCCc1ccc(CNC[C@H](O)[C@H](Cc2cc(F)cc(F)c2)NC(C)=O)cc1CCC. The minimum atomic E-state index is -0.912. The third kappa shape index (κ3) is 8.38. The number of amides is 1. The smallest absolute Gasteiger partial charge is 0.217 e. The zero-order chi connectivity index (χ0) is 22.8. The normalized spacial score (nSPS) is 13.1. The summed E-state index contributed by atoms with van der Waals surface area (Å²) >= 11 is 0. The first-order valence-electron chi connectivity index (χ1n) is 11.0. The zero-order valence-corrected chi connectivity index (χ0v) is 18.7. The van der Waals surface area contributed by atoms with Crippen LogP contribution in [0.2, 0.25) is 0 Å². The summed E-state index contributed by atoms with van der Waals surface area (Å²) in [6.45, 7) is 6.52. The van der Waals surface area contributed by atoms with Gasteiger partial charge in [-0.25, -0.2) is 8.78 Å². The quantitative estimate of drug-likeness (QED) is 0.474. The van der Waals surface area contributed by atoms with E-state index in [9.17, 15) is 18.7 Å². The largest absolute Gasteiger partial charge is 0.390 e. The number of aliphatic hydroxyl groups is 1. The van der Waals surface area contributed by atoms with Gasteiger partial charge in [-0.05, 0) is 53.6 Å². The molecular weight excluding hydrogens is 398 g/mol. The molecule has 0 fully saturated rings. The van der Waals surface area contributed by atoms with Crippen LogP contribution in [-0.4, -0.2) is 29.7 Å². The summed E-state index contributed by atoms with van der Waals surface area (Å²) in [7, 11) is 0. The fraction of sp³-hybridized carbons (Fsp3) is 0.480. The first-order chi connectivity index (χ1) is 14.8. The summed E-state index contributed by atoms with van der Waals surface area (Å²) in [5.41, 5.74) is 4.28. The van der Waals surface area contributed by atoms with E-state index < -0.39 is 23.8 Å². The second-order valence-corrected chi connectivity index (χ2v) is 8.09. The van der Waals surface area contributed by atoms with Gasteiger partial charge in [0, 0.05) is 26.1 Å². The highest BCUT2D eigenvalue weighted by atomic mass is 19.1. The highest BCUT2D eigenvalue weighted by Crippen LogP contribution is 2.17. The summed E-state index contributed by atoms with van der Waals surface area (Å²) in [6.07, 6.45) is 3.53. The molecule has 31 heavy (non-hydrogen) atoms. The molecule has 0 saturated carbocycles. The van der Waals surface area contributed by atoms with Gasteiger partial charge in [-0.3, -0.25) is 4.79 Å². The van der Waals surface area contributed by atoms with Crippen LogP contribution in [0.25, 0.3) is 0 Å². The van der Waals surface area contributed by atoms with E-state index in [1.54, 1.807) is 0 Å². The molecule has 0 heterocycles. The Kier molecular flexibility index (Phi) is 10.1. The Labute approximate surface area is 184 Å². The van der Waals surface area contributed by atoms with Crippen LogP contribution in [0.4, 0.5) is 8.78 Å². The lowest BCUT2D eigenvalue weighted by Gasteiger charge is -2.24. The summed E-state index contributed by atoms with van der Waals surface area (Å²) in [5, 5.41) is 16.5. The number of benzene rings is 2. The van der Waals surface area contributed by atoms with E-state index in [1.807, 2.05) is 0 Å². The van der Waals surface area contributed by atoms with Crippen molar-refractivity contribution in [1.29, 1.82) is 0 Å². The van der Waals surface area contributed by atoms with Gasteiger partial charge in [-0.15, -0.1) is 0 Å². The molecule has 0 aliphatic rings. The Bertz CT molecular complexity index is 837. The van der Waals surface area contributed by atoms with Crippen LogP contribution >= 0.6 is 0 Å². The third-order valence-electron chi connectivity index (χ3n) is 5.22. The highest BCUT2D eigenvalue weighted by molar-refractivity contribution is 5.73. The highest BCUT2D eigenvalue weighted by Gasteiger charge is 2.21. The molecule has 6 heteroatoms. The predicted molar refractivity (Wildman–Crippen MR) is 120 cm³/mol. The molecule has 0 bridgehead atoms. The van der Waals surface area contributed by atoms with E-state index in [2.05, 4.69) is 42.7 Å². The van der Waals surface area contributed by atoms with Crippen molar-refractivity contribution in [2.75, 3.05) is 6.54 Å². The lowest BCUT2D eigenvalue weighted by molar-refractivity contribution is -0.120. The van der Waals surface area contributed by atoms with Crippen LogP contribution in [0.3, 0.4) is 0 Å². The van der Waals surface area contributed by atoms with Crippen molar-refractivity contribution in [3.05, 3.63) is 70.3 Å². The number of hydrogen-bond donors (Lipinski definition) is 3. The molecule has 0 aliphatic carbocycles. The average molecular weight is 433 g/mol. The molecule has 2 rings (SSSR count). The van der Waals surface area contributed by atoms with Crippen molar-refractivity contribution in [3.8, 4) is 0 Å². The summed E-state index contributed by atoms with van der Waals surface area (Å²) < 4.78 is 27.0. The molecule has 4 nitrogen and oxygen atoms in total. The number of nitrogens with one attached hydrogen (secondary N) is 2. The first kappa shape index (κ1) is 25.0. The van der Waals surface area contributed by atoms with E-state index >= 15 is 0 Å². The fourth-order valence-corrected chi connectivity index (χ4v) is 3.84. The Hall–Kier alpha value is -2.31. The second-order valence-electron chi connectivity index (χ2n) is 8.09. The number of halogens is 2. The Morgan fingerprint density at radius 1 is 0.968 bits per heavy atom. The van der Waals surface area contributed by atoms with Crippen LogP contribution in [0.15, 0.2) is 36.4 Å². The molecule has 0 aliphatic heterocycles. The van der Waals surface area contributed by atoms with Crippen molar-refractivity contribution in [3.63, 3.8) is 0 Å². The van der Waals surface area contributed by atoms with Crippen molar-refractivity contribution >= 4 is 5.91 Å². The van der Waals surface area contributed by atoms with Gasteiger partial charge in [0.05, 0.1) is 12.1 Å². The van der Waals surface area contributed by atoms with Gasteiger partial charge in [-0.1, -0.05) is 44.9 Å². The van der Waals surface area contributed by atoms with Gasteiger partial charge in [0.1, 0.15) is 11.6 Å². The molecule has 2 aromatic carbocycles. The number of rotatable bonds is 12. The minimum absolute atomic E-state index is 0.128. The number of carbonyl (C=O) groups excluding carboxylic acids is 1. The van der Waals surface area contributed by atoms with E-state index in [0.29, 0.717) is 12.1 Å². The van der Waals surface area contributed by atoms with Gasteiger partial charge in [0.25, 0.3) is 0 Å². The van der Waals surface area contributed by atoms with Crippen LogP contribution < -0.4 is 10.6 Å². The molecule has 0 saturated heterocycles. The molecule has 0 unspecified atom stereocenters. The van der Waals surface area contributed by atoms with Crippen molar-refractivity contribution in [2.24, 2.45) is 0 Å². The van der Waals surface area contributed by atoms with E-state index in [0.717, 1.165) is 37.3 Å². The van der Waals surface area contributed by atoms with Crippen LogP contribution in [0, 0.1) is 11.6 Å². The molecular formula is C25H34F2N2O2. The van der Waals surface area contributed by atoms with Gasteiger partial charge in [-0.2, -0.15) is 0 Å².